The fourth-order valence-corrected chi connectivity index (χ4v) is 3.90. The molecule has 0 aliphatic carbocycles. The molecule has 4 amide bonds. The van der Waals surface area contributed by atoms with Gasteiger partial charge in [0.2, 0.25) is 5.91 Å². The predicted octanol–water partition coefficient (Wildman–Crippen LogP) is 2.89. The van der Waals surface area contributed by atoms with Crippen molar-refractivity contribution in [1.29, 1.82) is 0 Å². The van der Waals surface area contributed by atoms with Crippen LogP contribution in [-0.2, 0) is 15.1 Å². The molecule has 1 heterocycles. The van der Waals surface area contributed by atoms with Crippen molar-refractivity contribution in [3.05, 3.63) is 66.0 Å². The fourth-order valence-electron chi connectivity index (χ4n) is 3.03. The van der Waals surface area contributed by atoms with Crippen LogP contribution in [0.25, 0.3) is 0 Å². The topological polar surface area (TPSA) is 78.5 Å². The van der Waals surface area contributed by atoms with E-state index in [-0.39, 0.29) is 6.54 Å². The Morgan fingerprint density at radius 2 is 1.83 bits per heavy atom. The summed E-state index contributed by atoms with van der Waals surface area (Å²) in [5, 5.41) is 5.33. The van der Waals surface area contributed by atoms with Gasteiger partial charge in [0.05, 0.1) is 0 Å². The van der Waals surface area contributed by atoms with Crippen molar-refractivity contribution in [2.45, 2.75) is 23.8 Å². The van der Waals surface area contributed by atoms with Gasteiger partial charge in [-0.2, -0.15) is 0 Å². The van der Waals surface area contributed by atoms with Crippen molar-refractivity contribution in [2.24, 2.45) is 0 Å². The highest BCUT2D eigenvalue weighted by Crippen LogP contribution is 2.28. The maximum Gasteiger partial charge on any atom is 0.325 e. The van der Waals surface area contributed by atoms with Gasteiger partial charge < -0.3 is 10.6 Å². The van der Waals surface area contributed by atoms with Crippen LogP contribution in [-0.4, -0.2) is 41.6 Å². The average molecular weight is 415 g/mol. The van der Waals surface area contributed by atoms with Gasteiger partial charge in [0.25, 0.3) is 5.91 Å². The Labute approximate surface area is 172 Å². The van der Waals surface area contributed by atoms with E-state index in [1.54, 1.807) is 18.7 Å². The smallest absolute Gasteiger partial charge is 0.325 e. The molecule has 2 aromatic rings. The zero-order chi connectivity index (χ0) is 20.9. The Morgan fingerprint density at radius 1 is 1.14 bits per heavy atom. The maximum atomic E-state index is 13.2. The Morgan fingerprint density at radius 3 is 2.52 bits per heavy atom. The van der Waals surface area contributed by atoms with Gasteiger partial charge in [-0.3, -0.25) is 14.5 Å². The largest absolute Gasteiger partial charge is 0.355 e. The van der Waals surface area contributed by atoms with Crippen LogP contribution >= 0.6 is 11.8 Å². The van der Waals surface area contributed by atoms with Crippen molar-refractivity contribution < 1.29 is 18.8 Å². The van der Waals surface area contributed by atoms with Gasteiger partial charge in [-0.1, -0.05) is 30.3 Å². The molecule has 8 heteroatoms. The van der Waals surface area contributed by atoms with Gasteiger partial charge in [-0.15, -0.1) is 11.8 Å². The Bertz CT molecular complexity index is 892. The molecule has 0 aromatic heterocycles. The molecule has 1 unspecified atom stereocenters. The fraction of sp³-hybridized carbons (Fsp3) is 0.286. The summed E-state index contributed by atoms with van der Waals surface area (Å²) in [4.78, 5) is 39.2. The number of imide groups is 1. The normalized spacial score (nSPS) is 18.6. The van der Waals surface area contributed by atoms with Crippen molar-refractivity contribution in [1.82, 2.24) is 15.5 Å². The van der Waals surface area contributed by atoms with Crippen molar-refractivity contribution in [3.8, 4) is 0 Å². The molecule has 6 nitrogen and oxygen atoms in total. The van der Waals surface area contributed by atoms with Crippen LogP contribution in [0, 0.1) is 5.82 Å². The first-order valence-electron chi connectivity index (χ1n) is 9.25. The van der Waals surface area contributed by atoms with E-state index < -0.39 is 29.2 Å². The standard InChI is InChI=1S/C21H22FN3O3S/c1-21(15-8-10-16(22)11-9-15)19(27)25(20(28)24-21)14-18(26)23-12-5-13-29-17-6-3-2-4-7-17/h2-4,6-11H,5,12-14H2,1H3,(H,23,26)(H,24,28). The number of thioether (sulfide) groups is 1. The van der Waals surface area contributed by atoms with Crippen molar-refractivity contribution in [2.75, 3.05) is 18.8 Å². The minimum absolute atomic E-state index is 0.354. The molecule has 2 aromatic carbocycles. The second kappa shape index (κ2) is 9.09. The molecule has 0 spiro atoms. The monoisotopic (exact) mass is 415 g/mol. The lowest BCUT2D eigenvalue weighted by Crippen LogP contribution is -2.43. The SMILES string of the molecule is CC1(c2ccc(F)cc2)NC(=O)N(CC(=O)NCCCSc2ccccc2)C1=O. The van der Waals surface area contributed by atoms with Gasteiger partial charge in [0.1, 0.15) is 17.9 Å². The summed E-state index contributed by atoms with van der Waals surface area (Å²) in [5.74, 6) is -0.531. The third kappa shape index (κ3) is 4.95. The van der Waals surface area contributed by atoms with E-state index in [0.29, 0.717) is 12.1 Å². The van der Waals surface area contributed by atoms with E-state index >= 15 is 0 Å². The van der Waals surface area contributed by atoms with Crippen LogP contribution in [0.3, 0.4) is 0 Å². The van der Waals surface area contributed by atoms with E-state index in [0.717, 1.165) is 17.1 Å². The van der Waals surface area contributed by atoms with E-state index in [1.165, 1.54) is 29.2 Å². The molecule has 29 heavy (non-hydrogen) atoms. The number of nitrogens with zero attached hydrogens (tertiary/aromatic N) is 1. The van der Waals surface area contributed by atoms with E-state index in [9.17, 15) is 18.8 Å². The molecule has 1 atom stereocenters. The van der Waals surface area contributed by atoms with E-state index in [4.69, 9.17) is 0 Å². The maximum absolute atomic E-state index is 13.2. The molecule has 1 fully saturated rings. The van der Waals surface area contributed by atoms with Crippen molar-refractivity contribution >= 4 is 29.6 Å². The third-order valence-corrected chi connectivity index (χ3v) is 5.75. The highest BCUT2D eigenvalue weighted by atomic mass is 32.2. The Hall–Kier alpha value is -2.87. The Balaban J connectivity index is 1.48. The minimum Gasteiger partial charge on any atom is -0.355 e. The lowest BCUT2D eigenvalue weighted by Gasteiger charge is -2.22. The average Bonchev–Trinajstić information content (AvgIpc) is 2.93. The lowest BCUT2D eigenvalue weighted by molar-refractivity contribution is -0.134. The molecule has 1 aliphatic rings. The summed E-state index contributed by atoms with van der Waals surface area (Å²) in [6.07, 6.45) is 0.763. The van der Waals surface area contributed by atoms with Crippen LogP contribution in [0.1, 0.15) is 18.9 Å². The highest BCUT2D eigenvalue weighted by Gasteiger charge is 2.49. The lowest BCUT2D eigenvalue weighted by atomic mass is 9.92. The zero-order valence-corrected chi connectivity index (χ0v) is 16.8. The van der Waals surface area contributed by atoms with Crippen LogP contribution < -0.4 is 10.6 Å². The van der Waals surface area contributed by atoms with Gasteiger partial charge in [0.15, 0.2) is 0 Å². The van der Waals surface area contributed by atoms with Crippen LogP contribution in [0.4, 0.5) is 9.18 Å². The first-order valence-corrected chi connectivity index (χ1v) is 10.2. The molecular weight excluding hydrogens is 393 g/mol. The number of nitrogens with one attached hydrogen (secondary N) is 2. The van der Waals surface area contributed by atoms with E-state index in [1.807, 2.05) is 30.3 Å². The van der Waals surface area contributed by atoms with Crippen molar-refractivity contribution in [3.63, 3.8) is 0 Å². The first-order chi connectivity index (χ1) is 13.9. The predicted molar refractivity (Wildman–Crippen MR) is 109 cm³/mol. The molecule has 2 N–H and O–H groups in total. The zero-order valence-electron chi connectivity index (χ0n) is 16.0. The number of urea groups is 1. The number of rotatable bonds is 8. The second-order valence-corrected chi connectivity index (χ2v) is 7.99. The first kappa shape index (κ1) is 20.9. The number of amides is 4. The number of halogens is 1. The number of hydrogen-bond donors (Lipinski definition) is 2. The molecule has 1 aliphatic heterocycles. The van der Waals surface area contributed by atoms with Gasteiger partial charge in [-0.25, -0.2) is 9.18 Å². The van der Waals surface area contributed by atoms with Crippen LogP contribution in [0.5, 0.6) is 0 Å². The third-order valence-electron chi connectivity index (χ3n) is 4.65. The van der Waals surface area contributed by atoms with E-state index in [2.05, 4.69) is 10.6 Å². The van der Waals surface area contributed by atoms with Crippen LogP contribution in [0.2, 0.25) is 0 Å². The highest BCUT2D eigenvalue weighted by molar-refractivity contribution is 7.99. The summed E-state index contributed by atoms with van der Waals surface area (Å²) in [6.45, 7) is 1.64. The number of carbonyl (C=O) groups excluding carboxylic acids is 3. The summed E-state index contributed by atoms with van der Waals surface area (Å²) >= 11 is 1.70. The summed E-state index contributed by atoms with van der Waals surface area (Å²) in [6, 6.07) is 14.7. The summed E-state index contributed by atoms with van der Waals surface area (Å²) in [5.41, 5.74) is -0.865. The van der Waals surface area contributed by atoms with Crippen LogP contribution in [0.15, 0.2) is 59.5 Å². The molecular formula is C21H22FN3O3S. The number of hydrogen-bond acceptors (Lipinski definition) is 4. The molecule has 1 saturated heterocycles. The Kier molecular flexibility index (Phi) is 6.53. The number of benzene rings is 2. The molecule has 3 rings (SSSR count). The van der Waals surface area contributed by atoms with Gasteiger partial charge in [0, 0.05) is 11.4 Å². The number of carbonyl (C=O) groups is 3. The van der Waals surface area contributed by atoms with Gasteiger partial charge >= 0.3 is 6.03 Å². The quantitative estimate of drug-likeness (QED) is 0.395. The molecule has 0 bridgehead atoms. The molecule has 152 valence electrons. The summed E-state index contributed by atoms with van der Waals surface area (Å²) in [7, 11) is 0. The second-order valence-electron chi connectivity index (χ2n) is 6.82. The molecule has 0 radical (unpaired) electrons. The molecule has 0 saturated carbocycles. The minimum atomic E-state index is -1.32. The van der Waals surface area contributed by atoms with Gasteiger partial charge in [-0.05, 0) is 48.9 Å². The summed E-state index contributed by atoms with van der Waals surface area (Å²) < 4.78 is 13.2.